The van der Waals surface area contributed by atoms with Crippen LogP contribution in [0, 0.1) is 27.7 Å². The molecule has 1 N–H and O–H groups in total. The minimum absolute atomic E-state index is 0.445. The number of nitrogens with one attached hydrogen (secondary N) is 1. The van der Waals surface area contributed by atoms with Crippen molar-refractivity contribution in [3.05, 3.63) is 58.1 Å². The molecule has 0 heterocycles. The average Bonchev–Trinajstić information content (AvgIpc) is 2.48. The molecule has 2 aromatic rings. The van der Waals surface area contributed by atoms with Gasteiger partial charge in [-0.2, -0.15) is 0 Å². The maximum Gasteiger partial charge on any atom is 0.0314 e. The van der Waals surface area contributed by atoms with Gasteiger partial charge in [0.25, 0.3) is 0 Å². The van der Waals surface area contributed by atoms with Crippen LogP contribution in [0.25, 0.3) is 11.1 Å². The van der Waals surface area contributed by atoms with Crippen LogP contribution in [0.5, 0.6) is 0 Å². The zero-order valence-electron chi connectivity index (χ0n) is 14.2. The van der Waals surface area contributed by atoms with E-state index in [0.29, 0.717) is 6.04 Å². The van der Waals surface area contributed by atoms with Crippen molar-refractivity contribution in [3.63, 3.8) is 0 Å². The van der Waals surface area contributed by atoms with Gasteiger partial charge in [-0.3, -0.25) is 0 Å². The Bertz CT molecular complexity index is 593. The molecule has 0 fully saturated rings. The summed E-state index contributed by atoms with van der Waals surface area (Å²) < 4.78 is 0. The SMILES string of the molecule is CCC(NC)c1ccc(-c2c(C)c(C)cc(C)c2C)cc1. The van der Waals surface area contributed by atoms with E-state index in [1.807, 2.05) is 7.05 Å². The average molecular weight is 281 g/mol. The molecule has 0 radical (unpaired) electrons. The van der Waals surface area contributed by atoms with Gasteiger partial charge in [0.15, 0.2) is 0 Å². The summed E-state index contributed by atoms with van der Waals surface area (Å²) in [6, 6.07) is 11.8. The third kappa shape index (κ3) is 3.03. The largest absolute Gasteiger partial charge is 0.313 e. The fourth-order valence-corrected chi connectivity index (χ4v) is 3.14. The van der Waals surface area contributed by atoms with Gasteiger partial charge in [0.1, 0.15) is 0 Å². The van der Waals surface area contributed by atoms with Crippen molar-refractivity contribution in [2.75, 3.05) is 7.05 Å². The summed E-state index contributed by atoms with van der Waals surface area (Å²) in [7, 11) is 2.03. The molecular weight excluding hydrogens is 254 g/mol. The number of aryl methyl sites for hydroxylation is 2. The van der Waals surface area contributed by atoms with Gasteiger partial charge in [-0.05, 0) is 80.1 Å². The Morgan fingerprint density at radius 1 is 0.905 bits per heavy atom. The highest BCUT2D eigenvalue weighted by Crippen LogP contribution is 2.32. The smallest absolute Gasteiger partial charge is 0.0314 e. The van der Waals surface area contributed by atoms with E-state index in [2.05, 4.69) is 70.3 Å². The molecule has 1 atom stereocenters. The maximum absolute atomic E-state index is 3.37. The summed E-state index contributed by atoms with van der Waals surface area (Å²) in [6.07, 6.45) is 1.11. The first kappa shape index (κ1) is 15.8. The summed E-state index contributed by atoms with van der Waals surface area (Å²) >= 11 is 0. The van der Waals surface area contributed by atoms with Gasteiger partial charge in [0.2, 0.25) is 0 Å². The molecule has 0 amide bonds. The lowest BCUT2D eigenvalue weighted by atomic mass is 9.89. The van der Waals surface area contributed by atoms with E-state index in [0.717, 1.165) is 6.42 Å². The number of rotatable bonds is 4. The first-order valence-corrected chi connectivity index (χ1v) is 7.84. The summed E-state index contributed by atoms with van der Waals surface area (Å²) in [5.74, 6) is 0. The molecule has 21 heavy (non-hydrogen) atoms. The van der Waals surface area contributed by atoms with E-state index >= 15 is 0 Å². The highest BCUT2D eigenvalue weighted by atomic mass is 14.9. The lowest BCUT2D eigenvalue weighted by molar-refractivity contribution is 0.577. The third-order valence-corrected chi connectivity index (χ3v) is 4.72. The van der Waals surface area contributed by atoms with Crippen molar-refractivity contribution in [1.29, 1.82) is 0 Å². The minimum atomic E-state index is 0.445. The fraction of sp³-hybridized carbons (Fsp3) is 0.400. The number of hydrogen-bond acceptors (Lipinski definition) is 1. The Labute approximate surface area is 129 Å². The van der Waals surface area contributed by atoms with E-state index in [4.69, 9.17) is 0 Å². The van der Waals surface area contributed by atoms with Gasteiger partial charge < -0.3 is 5.32 Å². The molecule has 0 aliphatic carbocycles. The van der Waals surface area contributed by atoms with Crippen molar-refractivity contribution in [3.8, 4) is 11.1 Å². The van der Waals surface area contributed by atoms with Crippen LogP contribution in [0.4, 0.5) is 0 Å². The van der Waals surface area contributed by atoms with E-state index in [9.17, 15) is 0 Å². The Hall–Kier alpha value is -1.60. The highest BCUT2D eigenvalue weighted by Gasteiger charge is 2.12. The lowest BCUT2D eigenvalue weighted by Gasteiger charge is -2.18. The molecule has 0 aromatic heterocycles. The Kier molecular flexibility index (Phi) is 4.84. The second kappa shape index (κ2) is 6.44. The molecule has 2 rings (SSSR count). The van der Waals surface area contributed by atoms with Crippen LogP contribution in [-0.2, 0) is 0 Å². The molecule has 0 spiro atoms. The molecule has 0 aliphatic heterocycles. The molecule has 1 nitrogen and oxygen atoms in total. The molecule has 1 unspecified atom stereocenters. The van der Waals surface area contributed by atoms with Crippen molar-refractivity contribution >= 4 is 0 Å². The fourth-order valence-electron chi connectivity index (χ4n) is 3.14. The zero-order chi connectivity index (χ0) is 15.6. The van der Waals surface area contributed by atoms with Crippen molar-refractivity contribution in [1.82, 2.24) is 5.32 Å². The monoisotopic (exact) mass is 281 g/mol. The molecule has 0 aliphatic rings. The second-order valence-corrected chi connectivity index (χ2v) is 6.01. The van der Waals surface area contributed by atoms with Gasteiger partial charge in [-0.25, -0.2) is 0 Å². The van der Waals surface area contributed by atoms with Gasteiger partial charge in [0.05, 0.1) is 0 Å². The summed E-state index contributed by atoms with van der Waals surface area (Å²) in [5, 5.41) is 3.37. The molecule has 2 aromatic carbocycles. The van der Waals surface area contributed by atoms with Crippen molar-refractivity contribution in [2.24, 2.45) is 0 Å². The molecule has 0 saturated carbocycles. The Morgan fingerprint density at radius 3 is 1.86 bits per heavy atom. The van der Waals surface area contributed by atoms with Gasteiger partial charge in [-0.15, -0.1) is 0 Å². The lowest BCUT2D eigenvalue weighted by Crippen LogP contribution is -2.14. The third-order valence-electron chi connectivity index (χ3n) is 4.72. The van der Waals surface area contributed by atoms with E-state index < -0.39 is 0 Å². The summed E-state index contributed by atoms with van der Waals surface area (Å²) in [6.45, 7) is 11.1. The van der Waals surface area contributed by atoms with Crippen LogP contribution in [0.3, 0.4) is 0 Å². The predicted octanol–water partition coefficient (Wildman–Crippen LogP) is 5.26. The maximum atomic E-state index is 3.37. The molecule has 0 saturated heterocycles. The first-order chi connectivity index (χ1) is 9.99. The Balaban J connectivity index is 2.49. The van der Waals surface area contributed by atoms with E-state index in [1.54, 1.807) is 0 Å². The van der Waals surface area contributed by atoms with Gasteiger partial charge in [-0.1, -0.05) is 37.3 Å². The summed E-state index contributed by atoms with van der Waals surface area (Å²) in [5.41, 5.74) is 9.63. The second-order valence-electron chi connectivity index (χ2n) is 6.01. The Morgan fingerprint density at radius 2 is 1.43 bits per heavy atom. The minimum Gasteiger partial charge on any atom is -0.313 e. The number of benzene rings is 2. The predicted molar refractivity (Wildman–Crippen MR) is 92.9 cm³/mol. The van der Waals surface area contributed by atoms with Crippen LogP contribution >= 0.6 is 0 Å². The molecule has 0 bridgehead atoms. The van der Waals surface area contributed by atoms with Crippen molar-refractivity contribution < 1.29 is 0 Å². The van der Waals surface area contributed by atoms with Crippen LogP contribution in [0.1, 0.15) is 47.2 Å². The highest BCUT2D eigenvalue weighted by molar-refractivity contribution is 5.73. The zero-order valence-corrected chi connectivity index (χ0v) is 14.2. The van der Waals surface area contributed by atoms with Gasteiger partial charge in [0, 0.05) is 6.04 Å². The van der Waals surface area contributed by atoms with Crippen LogP contribution < -0.4 is 5.32 Å². The summed E-state index contributed by atoms with van der Waals surface area (Å²) in [4.78, 5) is 0. The first-order valence-electron chi connectivity index (χ1n) is 7.84. The molecular formula is C20H27N. The molecule has 1 heteroatoms. The quantitative estimate of drug-likeness (QED) is 0.806. The van der Waals surface area contributed by atoms with E-state index in [1.165, 1.54) is 38.9 Å². The standard InChI is InChI=1S/C20H27N/c1-7-19(21-6)17-8-10-18(11-9-17)20-15(4)13(2)12-14(3)16(20)5/h8-12,19,21H,7H2,1-6H3. The van der Waals surface area contributed by atoms with Gasteiger partial charge >= 0.3 is 0 Å². The topological polar surface area (TPSA) is 12.0 Å². The van der Waals surface area contributed by atoms with E-state index in [-0.39, 0.29) is 0 Å². The van der Waals surface area contributed by atoms with Crippen LogP contribution in [-0.4, -0.2) is 7.05 Å². The van der Waals surface area contributed by atoms with Crippen molar-refractivity contribution in [2.45, 2.75) is 47.1 Å². The van der Waals surface area contributed by atoms with Crippen LogP contribution in [0.15, 0.2) is 30.3 Å². The van der Waals surface area contributed by atoms with Crippen LogP contribution in [0.2, 0.25) is 0 Å². The number of hydrogen-bond donors (Lipinski definition) is 1. The molecule has 112 valence electrons. The normalized spacial score (nSPS) is 12.5.